The first kappa shape index (κ1) is 21.9. The van der Waals surface area contributed by atoms with Gasteiger partial charge in [0, 0.05) is 30.8 Å². The van der Waals surface area contributed by atoms with Gasteiger partial charge in [-0.25, -0.2) is 4.39 Å². The highest BCUT2D eigenvalue weighted by atomic mass is 19.1. The van der Waals surface area contributed by atoms with Crippen molar-refractivity contribution in [3.63, 3.8) is 0 Å². The maximum atomic E-state index is 13.4. The lowest BCUT2D eigenvalue weighted by molar-refractivity contribution is -0.120. The minimum absolute atomic E-state index is 0.0667. The van der Waals surface area contributed by atoms with Crippen LogP contribution in [0.4, 0.5) is 4.39 Å². The van der Waals surface area contributed by atoms with Crippen molar-refractivity contribution in [2.45, 2.75) is 19.4 Å². The van der Waals surface area contributed by atoms with Gasteiger partial charge in [0.2, 0.25) is 5.91 Å². The number of carbonyl (C=O) groups is 2. The molecule has 1 aliphatic rings. The average Bonchev–Trinajstić information content (AvgIpc) is 2.75. The minimum Gasteiger partial charge on any atom is -0.496 e. The summed E-state index contributed by atoms with van der Waals surface area (Å²) in [6.07, 6.45) is 0.101. The molecule has 160 valence electrons. The molecule has 0 saturated carbocycles. The summed E-state index contributed by atoms with van der Waals surface area (Å²) >= 11 is 0. The van der Waals surface area contributed by atoms with Crippen LogP contribution >= 0.6 is 0 Å². The van der Waals surface area contributed by atoms with Crippen LogP contribution in [0.5, 0.6) is 5.75 Å². The van der Waals surface area contributed by atoms with E-state index in [2.05, 4.69) is 10.2 Å². The second-order valence-corrected chi connectivity index (χ2v) is 7.28. The molecule has 0 radical (unpaired) electrons. The molecule has 2 aromatic carbocycles. The number of amides is 1. The Balaban J connectivity index is 1.70. The highest BCUT2D eigenvalue weighted by Gasteiger charge is 2.23. The third kappa shape index (κ3) is 5.64. The van der Waals surface area contributed by atoms with Crippen molar-refractivity contribution in [1.82, 2.24) is 10.2 Å². The van der Waals surface area contributed by atoms with Crippen LogP contribution in [-0.4, -0.2) is 56.5 Å². The lowest BCUT2D eigenvalue weighted by Gasteiger charge is -2.35. The lowest BCUT2D eigenvalue weighted by Crippen LogP contribution is -2.44. The van der Waals surface area contributed by atoms with Crippen LogP contribution in [0.3, 0.4) is 0 Å². The second-order valence-electron chi connectivity index (χ2n) is 7.28. The molecule has 1 heterocycles. The highest BCUT2D eigenvalue weighted by molar-refractivity contribution is 5.94. The van der Waals surface area contributed by atoms with E-state index in [1.165, 1.54) is 26.2 Å². The van der Waals surface area contributed by atoms with E-state index < -0.39 is 0 Å². The molecule has 1 amide bonds. The Kier molecular flexibility index (Phi) is 7.54. The van der Waals surface area contributed by atoms with Crippen molar-refractivity contribution in [2.24, 2.45) is 0 Å². The third-order valence-electron chi connectivity index (χ3n) is 5.27. The molecule has 7 heteroatoms. The molecule has 0 spiro atoms. The third-order valence-corrected chi connectivity index (χ3v) is 5.27. The summed E-state index contributed by atoms with van der Waals surface area (Å²) in [5.41, 5.74) is 2.14. The Morgan fingerprint density at radius 3 is 2.50 bits per heavy atom. The zero-order valence-corrected chi connectivity index (χ0v) is 17.3. The smallest absolute Gasteiger partial charge is 0.224 e. The molecule has 0 bridgehead atoms. The first-order chi connectivity index (χ1) is 14.5. The SMILES string of the molecule is COc1ccc(C(C)=O)cc1CC(=O)NCC(c1ccc(F)cc1)N1CCOCC1. The van der Waals surface area contributed by atoms with E-state index in [1.807, 2.05) is 0 Å². The summed E-state index contributed by atoms with van der Waals surface area (Å²) in [7, 11) is 1.53. The predicted octanol–water partition coefficient (Wildman–Crippen LogP) is 2.77. The number of ketones is 1. The topological polar surface area (TPSA) is 67.9 Å². The van der Waals surface area contributed by atoms with Crippen LogP contribution in [0.1, 0.15) is 34.5 Å². The number of hydrogen-bond acceptors (Lipinski definition) is 5. The number of halogens is 1. The van der Waals surface area contributed by atoms with E-state index in [-0.39, 0.29) is 30.0 Å². The van der Waals surface area contributed by atoms with Crippen molar-refractivity contribution in [3.8, 4) is 5.75 Å². The van der Waals surface area contributed by atoms with Crippen LogP contribution in [-0.2, 0) is 16.0 Å². The van der Waals surface area contributed by atoms with Crippen LogP contribution in [0.25, 0.3) is 0 Å². The van der Waals surface area contributed by atoms with Crippen molar-refractivity contribution in [2.75, 3.05) is 40.0 Å². The molecule has 1 saturated heterocycles. The maximum Gasteiger partial charge on any atom is 0.224 e. The van der Waals surface area contributed by atoms with Gasteiger partial charge in [-0.3, -0.25) is 14.5 Å². The zero-order valence-electron chi connectivity index (χ0n) is 17.3. The Morgan fingerprint density at radius 1 is 1.17 bits per heavy atom. The molecular formula is C23H27FN2O4. The number of Topliss-reactive ketones (excluding diaryl/α,β-unsaturated/α-hetero) is 1. The van der Waals surface area contributed by atoms with Gasteiger partial charge in [-0.2, -0.15) is 0 Å². The summed E-state index contributed by atoms with van der Waals surface area (Å²) in [6.45, 7) is 4.61. The molecule has 1 N–H and O–H groups in total. The van der Waals surface area contributed by atoms with E-state index >= 15 is 0 Å². The molecule has 6 nitrogen and oxygen atoms in total. The fourth-order valence-electron chi connectivity index (χ4n) is 3.61. The monoisotopic (exact) mass is 414 g/mol. The van der Waals surface area contributed by atoms with Crippen LogP contribution in [0.15, 0.2) is 42.5 Å². The largest absolute Gasteiger partial charge is 0.496 e. The number of ether oxygens (including phenoxy) is 2. The van der Waals surface area contributed by atoms with Crippen molar-refractivity contribution >= 4 is 11.7 Å². The minimum atomic E-state index is -0.291. The van der Waals surface area contributed by atoms with Crippen LogP contribution in [0.2, 0.25) is 0 Å². The first-order valence-electron chi connectivity index (χ1n) is 9.99. The van der Waals surface area contributed by atoms with E-state index in [1.54, 1.807) is 30.3 Å². The first-order valence-corrected chi connectivity index (χ1v) is 9.99. The quantitative estimate of drug-likeness (QED) is 0.673. The van der Waals surface area contributed by atoms with Crippen LogP contribution < -0.4 is 10.1 Å². The molecule has 0 aromatic heterocycles. The Bertz CT molecular complexity index is 879. The Labute approximate surface area is 176 Å². The summed E-state index contributed by atoms with van der Waals surface area (Å²) in [4.78, 5) is 26.6. The molecule has 1 atom stereocenters. The van der Waals surface area contributed by atoms with Gasteiger partial charge < -0.3 is 14.8 Å². The number of morpholine rings is 1. The van der Waals surface area contributed by atoms with E-state index in [9.17, 15) is 14.0 Å². The van der Waals surface area contributed by atoms with Gasteiger partial charge in [0.25, 0.3) is 0 Å². The fourth-order valence-corrected chi connectivity index (χ4v) is 3.61. The Hall–Kier alpha value is -2.77. The number of methoxy groups -OCH3 is 1. The second kappa shape index (κ2) is 10.3. The van der Waals surface area contributed by atoms with Gasteiger partial charge in [-0.05, 0) is 42.8 Å². The molecule has 1 aliphatic heterocycles. The van der Waals surface area contributed by atoms with E-state index in [4.69, 9.17) is 9.47 Å². The molecule has 1 unspecified atom stereocenters. The van der Waals surface area contributed by atoms with Gasteiger partial charge in [-0.15, -0.1) is 0 Å². The van der Waals surface area contributed by atoms with E-state index in [0.29, 0.717) is 36.6 Å². The van der Waals surface area contributed by atoms with Crippen molar-refractivity contribution in [3.05, 3.63) is 65.0 Å². The van der Waals surface area contributed by atoms with Gasteiger partial charge >= 0.3 is 0 Å². The Morgan fingerprint density at radius 2 is 1.87 bits per heavy atom. The normalized spacial score (nSPS) is 15.4. The van der Waals surface area contributed by atoms with Gasteiger partial charge in [-0.1, -0.05) is 12.1 Å². The standard InChI is InChI=1S/C23H27FN2O4/c1-16(27)18-5-8-22(29-2)19(13-18)14-23(28)25-15-21(26-9-11-30-12-10-26)17-3-6-20(24)7-4-17/h3-8,13,21H,9-12,14-15H2,1-2H3,(H,25,28). The van der Waals surface area contributed by atoms with Gasteiger partial charge in [0.15, 0.2) is 5.78 Å². The number of hydrogen-bond donors (Lipinski definition) is 1. The zero-order chi connectivity index (χ0) is 21.5. The van der Waals surface area contributed by atoms with Crippen molar-refractivity contribution in [1.29, 1.82) is 0 Å². The maximum absolute atomic E-state index is 13.4. The average molecular weight is 414 g/mol. The molecule has 0 aliphatic carbocycles. The summed E-state index contributed by atoms with van der Waals surface area (Å²) in [6, 6.07) is 11.4. The summed E-state index contributed by atoms with van der Waals surface area (Å²) in [5, 5.41) is 2.99. The number of benzene rings is 2. The molecule has 1 fully saturated rings. The number of nitrogens with zero attached hydrogens (tertiary/aromatic N) is 1. The number of carbonyl (C=O) groups excluding carboxylic acids is 2. The van der Waals surface area contributed by atoms with Gasteiger partial charge in [0.05, 0.1) is 32.8 Å². The number of rotatable bonds is 8. The molecule has 3 rings (SSSR count). The summed E-state index contributed by atoms with van der Waals surface area (Å²) < 4.78 is 24.1. The van der Waals surface area contributed by atoms with Gasteiger partial charge in [0.1, 0.15) is 11.6 Å². The van der Waals surface area contributed by atoms with Crippen molar-refractivity contribution < 1.29 is 23.5 Å². The fraction of sp³-hybridized carbons (Fsp3) is 0.391. The molecule has 2 aromatic rings. The molecular weight excluding hydrogens is 387 g/mol. The van der Waals surface area contributed by atoms with Crippen LogP contribution in [0, 0.1) is 5.82 Å². The number of nitrogens with one attached hydrogen (secondary N) is 1. The lowest BCUT2D eigenvalue weighted by atomic mass is 10.0. The summed E-state index contributed by atoms with van der Waals surface area (Å²) in [5.74, 6) is 0.0387. The highest BCUT2D eigenvalue weighted by Crippen LogP contribution is 2.23. The van der Waals surface area contributed by atoms with E-state index in [0.717, 1.165) is 18.7 Å². The predicted molar refractivity (Wildman–Crippen MR) is 111 cm³/mol. The molecule has 30 heavy (non-hydrogen) atoms.